The van der Waals surface area contributed by atoms with Crippen LogP contribution in [0.4, 0.5) is 0 Å². The number of nitriles is 1. The summed E-state index contributed by atoms with van der Waals surface area (Å²) in [6.45, 7) is 2.58. The van der Waals surface area contributed by atoms with E-state index in [2.05, 4.69) is 21.3 Å². The molecule has 0 atom stereocenters. The summed E-state index contributed by atoms with van der Waals surface area (Å²) >= 11 is 1.54. The van der Waals surface area contributed by atoms with Crippen molar-refractivity contribution in [3.8, 4) is 11.8 Å². The number of nitrogens with zero attached hydrogens (tertiary/aromatic N) is 3. The number of thioether (sulfide) groups is 1. The third kappa shape index (κ3) is 4.00. The number of ether oxygens (including phenoxy) is 1. The Morgan fingerprint density at radius 3 is 3.11 bits per heavy atom. The lowest BCUT2D eigenvalue weighted by atomic mass is 10.2. The summed E-state index contributed by atoms with van der Waals surface area (Å²) < 4.78 is 5.57. The third-order valence-electron chi connectivity index (χ3n) is 2.39. The Morgan fingerprint density at radius 2 is 2.37 bits per heavy atom. The molecular weight excluding hydrogens is 260 g/mol. The minimum absolute atomic E-state index is 0.551. The average Bonchev–Trinajstić information content (AvgIpc) is 2.92. The highest BCUT2D eigenvalue weighted by molar-refractivity contribution is 7.99. The van der Waals surface area contributed by atoms with E-state index in [0.717, 1.165) is 23.2 Å². The minimum atomic E-state index is 0.551. The number of rotatable bonds is 6. The van der Waals surface area contributed by atoms with Gasteiger partial charge < -0.3 is 4.74 Å². The van der Waals surface area contributed by atoms with Crippen molar-refractivity contribution in [1.82, 2.24) is 15.2 Å². The number of hydrogen-bond donors (Lipinski definition) is 1. The van der Waals surface area contributed by atoms with Crippen LogP contribution in [0.3, 0.4) is 0 Å². The van der Waals surface area contributed by atoms with Gasteiger partial charge in [0.1, 0.15) is 11.6 Å². The van der Waals surface area contributed by atoms with Crippen molar-refractivity contribution in [2.24, 2.45) is 0 Å². The molecular formula is C13H14N4OS. The zero-order valence-electron chi connectivity index (χ0n) is 10.6. The molecule has 0 radical (unpaired) electrons. The van der Waals surface area contributed by atoms with Gasteiger partial charge in [-0.15, -0.1) is 5.10 Å². The highest BCUT2D eigenvalue weighted by atomic mass is 32.2. The molecule has 0 unspecified atom stereocenters. The van der Waals surface area contributed by atoms with Crippen molar-refractivity contribution in [3.05, 3.63) is 35.7 Å². The molecule has 1 aromatic carbocycles. The standard InChI is InChI=1S/C13H14N4OS/c1-2-12-15-13(17-16-12)19-7-6-18-11-5-3-4-10(8-11)9-14/h3-5,8H,2,6-7H2,1H3,(H,15,16,17). The van der Waals surface area contributed by atoms with Crippen LogP contribution in [-0.4, -0.2) is 27.5 Å². The zero-order chi connectivity index (χ0) is 13.5. The van der Waals surface area contributed by atoms with Gasteiger partial charge in [0.2, 0.25) is 5.16 Å². The second-order valence-corrected chi connectivity index (χ2v) is 4.82. The van der Waals surface area contributed by atoms with Crippen LogP contribution in [-0.2, 0) is 6.42 Å². The van der Waals surface area contributed by atoms with E-state index in [1.54, 1.807) is 23.9 Å². The summed E-state index contributed by atoms with van der Waals surface area (Å²) in [6.07, 6.45) is 0.852. The molecule has 0 aliphatic rings. The van der Waals surface area contributed by atoms with E-state index in [1.165, 1.54) is 0 Å². The zero-order valence-corrected chi connectivity index (χ0v) is 11.4. The van der Waals surface area contributed by atoms with Gasteiger partial charge in [-0.2, -0.15) is 5.26 Å². The summed E-state index contributed by atoms with van der Waals surface area (Å²) in [5.41, 5.74) is 0.603. The Bertz CT molecular complexity index is 576. The lowest BCUT2D eigenvalue weighted by Gasteiger charge is -2.04. The SMILES string of the molecule is CCc1nc(SCCOc2cccc(C#N)c2)n[nH]1. The highest BCUT2D eigenvalue weighted by Gasteiger charge is 2.02. The number of H-pyrrole nitrogens is 1. The van der Waals surface area contributed by atoms with Gasteiger partial charge in [0.15, 0.2) is 0 Å². The van der Waals surface area contributed by atoms with Crippen molar-refractivity contribution in [2.45, 2.75) is 18.5 Å². The Morgan fingerprint density at radius 1 is 1.47 bits per heavy atom. The molecule has 0 spiro atoms. The van der Waals surface area contributed by atoms with Crippen LogP contribution in [0.5, 0.6) is 5.75 Å². The van der Waals surface area contributed by atoms with Gasteiger partial charge in [-0.05, 0) is 18.2 Å². The lowest BCUT2D eigenvalue weighted by Crippen LogP contribution is -2.00. The Kier molecular flexibility index (Phi) is 4.81. The van der Waals surface area contributed by atoms with Gasteiger partial charge in [0, 0.05) is 12.2 Å². The molecule has 98 valence electrons. The van der Waals surface area contributed by atoms with Crippen LogP contribution in [0, 0.1) is 11.3 Å². The topological polar surface area (TPSA) is 74.6 Å². The van der Waals surface area contributed by atoms with Crippen LogP contribution in [0.1, 0.15) is 18.3 Å². The second kappa shape index (κ2) is 6.81. The van der Waals surface area contributed by atoms with Crippen LogP contribution in [0.25, 0.3) is 0 Å². The number of nitrogens with one attached hydrogen (secondary N) is 1. The first-order valence-corrected chi connectivity index (χ1v) is 6.97. The second-order valence-electron chi connectivity index (χ2n) is 3.75. The fourth-order valence-corrected chi connectivity index (χ4v) is 2.08. The maximum atomic E-state index is 8.78. The van der Waals surface area contributed by atoms with E-state index in [-0.39, 0.29) is 0 Å². The quantitative estimate of drug-likeness (QED) is 0.646. The number of aromatic amines is 1. The van der Waals surface area contributed by atoms with E-state index in [9.17, 15) is 0 Å². The normalized spacial score (nSPS) is 10.1. The first-order chi connectivity index (χ1) is 9.31. The molecule has 0 fully saturated rings. The monoisotopic (exact) mass is 274 g/mol. The van der Waals surface area contributed by atoms with E-state index in [4.69, 9.17) is 10.00 Å². The van der Waals surface area contributed by atoms with E-state index >= 15 is 0 Å². The summed E-state index contributed by atoms with van der Waals surface area (Å²) in [4.78, 5) is 4.30. The third-order valence-corrected chi connectivity index (χ3v) is 3.20. The first kappa shape index (κ1) is 13.4. The van der Waals surface area contributed by atoms with E-state index in [1.807, 2.05) is 19.1 Å². The fourth-order valence-electron chi connectivity index (χ4n) is 1.45. The molecule has 0 saturated carbocycles. The molecule has 2 rings (SSSR count). The molecule has 5 nitrogen and oxygen atoms in total. The number of hydrogen-bond acceptors (Lipinski definition) is 5. The van der Waals surface area contributed by atoms with Crippen LogP contribution >= 0.6 is 11.8 Å². The first-order valence-electron chi connectivity index (χ1n) is 5.99. The summed E-state index contributed by atoms with van der Waals surface area (Å²) in [6, 6.07) is 9.21. The van der Waals surface area contributed by atoms with E-state index in [0.29, 0.717) is 17.9 Å². The molecule has 1 aromatic heterocycles. The Balaban J connectivity index is 1.76. The van der Waals surface area contributed by atoms with Crippen molar-refractivity contribution >= 4 is 11.8 Å². The summed E-state index contributed by atoms with van der Waals surface area (Å²) in [5.74, 6) is 2.37. The van der Waals surface area contributed by atoms with Gasteiger partial charge in [0.05, 0.1) is 18.2 Å². The van der Waals surface area contributed by atoms with Crippen molar-refractivity contribution < 1.29 is 4.74 Å². The smallest absolute Gasteiger partial charge is 0.208 e. The number of aryl methyl sites for hydroxylation is 1. The van der Waals surface area contributed by atoms with E-state index < -0.39 is 0 Å². The number of benzene rings is 1. The van der Waals surface area contributed by atoms with Gasteiger partial charge >= 0.3 is 0 Å². The van der Waals surface area contributed by atoms with Gasteiger partial charge in [-0.3, -0.25) is 5.10 Å². The fraction of sp³-hybridized carbons (Fsp3) is 0.308. The van der Waals surface area contributed by atoms with Crippen molar-refractivity contribution in [3.63, 3.8) is 0 Å². The molecule has 1 heterocycles. The maximum Gasteiger partial charge on any atom is 0.208 e. The van der Waals surface area contributed by atoms with Crippen LogP contribution in [0.2, 0.25) is 0 Å². The summed E-state index contributed by atoms with van der Waals surface area (Å²) in [7, 11) is 0. The van der Waals surface area contributed by atoms with Crippen LogP contribution < -0.4 is 4.74 Å². The van der Waals surface area contributed by atoms with Crippen molar-refractivity contribution in [2.75, 3.05) is 12.4 Å². The molecule has 0 aliphatic heterocycles. The largest absolute Gasteiger partial charge is 0.493 e. The van der Waals surface area contributed by atoms with Crippen molar-refractivity contribution in [1.29, 1.82) is 5.26 Å². The molecule has 0 aliphatic carbocycles. The molecule has 0 bridgehead atoms. The molecule has 2 aromatic rings. The molecule has 1 N–H and O–H groups in total. The molecule has 6 heteroatoms. The lowest BCUT2D eigenvalue weighted by molar-refractivity contribution is 0.344. The molecule has 19 heavy (non-hydrogen) atoms. The highest BCUT2D eigenvalue weighted by Crippen LogP contribution is 2.15. The van der Waals surface area contributed by atoms with Gasteiger partial charge in [-0.25, -0.2) is 4.98 Å². The Labute approximate surface area is 116 Å². The predicted molar refractivity (Wildman–Crippen MR) is 73.1 cm³/mol. The van der Waals surface area contributed by atoms with Gasteiger partial charge in [-0.1, -0.05) is 24.8 Å². The average molecular weight is 274 g/mol. The maximum absolute atomic E-state index is 8.78. The predicted octanol–water partition coefficient (Wildman–Crippen LogP) is 2.41. The Hall–Kier alpha value is -2.00. The number of aromatic nitrogens is 3. The minimum Gasteiger partial charge on any atom is -0.493 e. The summed E-state index contributed by atoms with van der Waals surface area (Å²) in [5, 5.41) is 16.5. The molecule has 0 saturated heterocycles. The molecule has 0 amide bonds. The van der Waals surface area contributed by atoms with Crippen LogP contribution in [0.15, 0.2) is 29.4 Å². The van der Waals surface area contributed by atoms with Gasteiger partial charge in [0.25, 0.3) is 0 Å².